The van der Waals surface area contributed by atoms with E-state index in [4.69, 9.17) is 16.3 Å². The van der Waals surface area contributed by atoms with Crippen LogP contribution in [0, 0.1) is 12.7 Å². The van der Waals surface area contributed by atoms with Gasteiger partial charge in [-0.05, 0) is 32.6 Å². The Morgan fingerprint density at radius 2 is 1.94 bits per heavy atom. The van der Waals surface area contributed by atoms with E-state index in [1.807, 2.05) is 0 Å². The molecule has 1 aliphatic carbocycles. The number of halogens is 2. The van der Waals surface area contributed by atoms with Crippen molar-refractivity contribution in [2.75, 3.05) is 0 Å². The van der Waals surface area contributed by atoms with E-state index in [1.165, 1.54) is 6.42 Å². The summed E-state index contributed by atoms with van der Waals surface area (Å²) in [5.74, 6) is -0.237. The standard InChI is InChI=1S/C11H14ClFN2O/c1-7-14-10(12)9(13)11(15-7)16-8-5-3-2-4-6-8/h8H,2-6H2,1H3. The van der Waals surface area contributed by atoms with Crippen LogP contribution in [0.25, 0.3) is 0 Å². The molecular formula is C11H14ClFN2O. The molecule has 0 radical (unpaired) electrons. The van der Waals surface area contributed by atoms with E-state index in [9.17, 15) is 4.39 Å². The molecule has 0 aromatic carbocycles. The lowest BCUT2D eigenvalue weighted by Gasteiger charge is -2.22. The lowest BCUT2D eigenvalue weighted by molar-refractivity contribution is 0.141. The number of ether oxygens (including phenoxy) is 1. The molecule has 0 atom stereocenters. The lowest BCUT2D eigenvalue weighted by Crippen LogP contribution is -2.21. The Kier molecular flexibility index (Phi) is 3.59. The van der Waals surface area contributed by atoms with Crippen LogP contribution in [-0.4, -0.2) is 16.1 Å². The summed E-state index contributed by atoms with van der Waals surface area (Å²) in [6.07, 6.45) is 5.47. The second-order valence-electron chi connectivity index (χ2n) is 4.06. The lowest BCUT2D eigenvalue weighted by atomic mass is 9.98. The molecule has 0 unspecified atom stereocenters. The minimum absolute atomic E-state index is 0.00981. The van der Waals surface area contributed by atoms with Crippen LogP contribution >= 0.6 is 11.6 Å². The maximum atomic E-state index is 13.6. The Hall–Kier alpha value is -0.900. The van der Waals surface area contributed by atoms with Gasteiger partial charge < -0.3 is 4.74 Å². The van der Waals surface area contributed by atoms with E-state index in [0.29, 0.717) is 5.82 Å². The van der Waals surface area contributed by atoms with E-state index in [1.54, 1.807) is 6.92 Å². The van der Waals surface area contributed by atoms with Gasteiger partial charge in [0.2, 0.25) is 5.82 Å². The minimum atomic E-state index is -0.655. The van der Waals surface area contributed by atoms with Crippen LogP contribution in [0.3, 0.4) is 0 Å². The summed E-state index contributed by atoms with van der Waals surface area (Å²) in [6, 6.07) is 0. The van der Waals surface area contributed by atoms with Gasteiger partial charge in [0.25, 0.3) is 5.88 Å². The molecule has 1 aromatic heterocycles. The van der Waals surface area contributed by atoms with Crippen molar-refractivity contribution in [3.8, 4) is 5.88 Å². The highest BCUT2D eigenvalue weighted by Crippen LogP contribution is 2.26. The molecule has 16 heavy (non-hydrogen) atoms. The van der Waals surface area contributed by atoms with Gasteiger partial charge in [0.05, 0.1) is 0 Å². The van der Waals surface area contributed by atoms with Gasteiger partial charge in [-0.25, -0.2) is 4.98 Å². The first-order valence-electron chi connectivity index (χ1n) is 5.53. The van der Waals surface area contributed by atoms with E-state index in [-0.39, 0.29) is 17.1 Å². The summed E-state index contributed by atoms with van der Waals surface area (Å²) in [5.41, 5.74) is 0. The zero-order valence-electron chi connectivity index (χ0n) is 9.17. The van der Waals surface area contributed by atoms with Gasteiger partial charge in [-0.1, -0.05) is 18.0 Å². The molecule has 0 amide bonds. The van der Waals surface area contributed by atoms with Crippen molar-refractivity contribution in [1.29, 1.82) is 0 Å². The average molecular weight is 245 g/mol. The molecule has 88 valence electrons. The van der Waals surface area contributed by atoms with Crippen molar-refractivity contribution in [1.82, 2.24) is 9.97 Å². The predicted molar refractivity (Wildman–Crippen MR) is 59.2 cm³/mol. The normalized spacial score (nSPS) is 17.4. The molecule has 1 heterocycles. The van der Waals surface area contributed by atoms with Crippen LogP contribution in [0.5, 0.6) is 5.88 Å². The highest BCUT2D eigenvalue weighted by Gasteiger charge is 2.19. The largest absolute Gasteiger partial charge is 0.472 e. The fourth-order valence-electron chi connectivity index (χ4n) is 1.92. The summed E-state index contributed by atoms with van der Waals surface area (Å²) < 4.78 is 19.1. The molecule has 1 aromatic rings. The Morgan fingerprint density at radius 3 is 2.62 bits per heavy atom. The van der Waals surface area contributed by atoms with Crippen molar-refractivity contribution in [2.24, 2.45) is 0 Å². The third-order valence-corrected chi connectivity index (χ3v) is 2.97. The summed E-state index contributed by atoms with van der Waals surface area (Å²) in [7, 11) is 0. The third-order valence-electron chi connectivity index (χ3n) is 2.72. The second kappa shape index (κ2) is 4.95. The molecule has 0 spiro atoms. The predicted octanol–water partition coefficient (Wildman–Crippen LogP) is 3.29. The molecule has 0 bridgehead atoms. The smallest absolute Gasteiger partial charge is 0.255 e. The Morgan fingerprint density at radius 1 is 1.25 bits per heavy atom. The number of aryl methyl sites for hydroxylation is 1. The molecule has 3 nitrogen and oxygen atoms in total. The van der Waals surface area contributed by atoms with Gasteiger partial charge in [-0.2, -0.15) is 9.37 Å². The Balaban J connectivity index is 2.13. The molecule has 0 N–H and O–H groups in total. The zero-order valence-corrected chi connectivity index (χ0v) is 9.93. The topological polar surface area (TPSA) is 35.0 Å². The average Bonchev–Trinajstić information content (AvgIpc) is 2.27. The SMILES string of the molecule is Cc1nc(Cl)c(F)c(OC2CCCCC2)n1. The van der Waals surface area contributed by atoms with Gasteiger partial charge in [0.15, 0.2) is 5.15 Å². The maximum absolute atomic E-state index is 13.6. The summed E-state index contributed by atoms with van der Waals surface area (Å²) in [6.45, 7) is 1.67. The van der Waals surface area contributed by atoms with Crippen molar-refractivity contribution in [2.45, 2.75) is 45.1 Å². The van der Waals surface area contributed by atoms with Gasteiger partial charge in [-0.15, -0.1) is 0 Å². The number of hydrogen-bond donors (Lipinski definition) is 0. The molecular weight excluding hydrogens is 231 g/mol. The van der Waals surface area contributed by atoms with E-state index >= 15 is 0 Å². The van der Waals surface area contributed by atoms with E-state index in [2.05, 4.69) is 9.97 Å². The number of hydrogen-bond acceptors (Lipinski definition) is 3. The monoisotopic (exact) mass is 244 g/mol. The van der Waals surface area contributed by atoms with E-state index in [0.717, 1.165) is 25.7 Å². The van der Waals surface area contributed by atoms with E-state index < -0.39 is 5.82 Å². The molecule has 0 saturated heterocycles. The molecule has 1 saturated carbocycles. The summed E-state index contributed by atoms with van der Waals surface area (Å²) >= 11 is 5.63. The first-order valence-corrected chi connectivity index (χ1v) is 5.91. The maximum Gasteiger partial charge on any atom is 0.255 e. The molecule has 5 heteroatoms. The van der Waals surface area contributed by atoms with Crippen LogP contribution in [0.4, 0.5) is 4.39 Å². The highest BCUT2D eigenvalue weighted by atomic mass is 35.5. The van der Waals surface area contributed by atoms with Crippen LogP contribution in [0.15, 0.2) is 0 Å². The van der Waals surface area contributed by atoms with Crippen LogP contribution in [-0.2, 0) is 0 Å². The van der Waals surface area contributed by atoms with Crippen molar-refractivity contribution < 1.29 is 9.13 Å². The number of rotatable bonds is 2. The van der Waals surface area contributed by atoms with Crippen LogP contribution in [0.1, 0.15) is 37.9 Å². The quantitative estimate of drug-likeness (QED) is 0.749. The van der Waals surface area contributed by atoms with Gasteiger partial charge in [0.1, 0.15) is 11.9 Å². The second-order valence-corrected chi connectivity index (χ2v) is 4.42. The van der Waals surface area contributed by atoms with Crippen molar-refractivity contribution in [3.63, 3.8) is 0 Å². The number of aromatic nitrogens is 2. The molecule has 2 rings (SSSR count). The summed E-state index contributed by atoms with van der Waals surface area (Å²) in [4.78, 5) is 7.66. The highest BCUT2D eigenvalue weighted by molar-refractivity contribution is 6.29. The fraction of sp³-hybridized carbons (Fsp3) is 0.636. The molecule has 0 aliphatic heterocycles. The van der Waals surface area contributed by atoms with Crippen LogP contribution in [0.2, 0.25) is 5.15 Å². The van der Waals surface area contributed by atoms with Gasteiger partial charge >= 0.3 is 0 Å². The first-order chi connectivity index (χ1) is 7.66. The Labute approximate surface area is 99.0 Å². The Bertz CT molecular complexity index is 380. The molecule has 1 aliphatic rings. The van der Waals surface area contributed by atoms with Crippen molar-refractivity contribution >= 4 is 11.6 Å². The van der Waals surface area contributed by atoms with Gasteiger partial charge in [-0.3, -0.25) is 0 Å². The van der Waals surface area contributed by atoms with Crippen LogP contribution < -0.4 is 4.74 Å². The minimum Gasteiger partial charge on any atom is -0.472 e. The third kappa shape index (κ3) is 2.61. The fourth-order valence-corrected chi connectivity index (χ4v) is 2.12. The molecule has 1 fully saturated rings. The van der Waals surface area contributed by atoms with Gasteiger partial charge in [0, 0.05) is 0 Å². The summed E-state index contributed by atoms with van der Waals surface area (Å²) in [5, 5.41) is -0.168. The number of nitrogens with zero attached hydrogens (tertiary/aromatic N) is 2. The zero-order chi connectivity index (χ0) is 11.5. The van der Waals surface area contributed by atoms with Crippen molar-refractivity contribution in [3.05, 3.63) is 16.8 Å². The first kappa shape index (κ1) is 11.6.